The van der Waals surface area contributed by atoms with Crippen LogP contribution in [-0.4, -0.2) is 17.5 Å². The van der Waals surface area contributed by atoms with Gasteiger partial charge in [-0.15, -0.1) is 0 Å². The highest BCUT2D eigenvalue weighted by Crippen LogP contribution is 2.41. The summed E-state index contributed by atoms with van der Waals surface area (Å²) >= 11 is 0. The van der Waals surface area contributed by atoms with Gasteiger partial charge >= 0.3 is 12.2 Å². The number of para-hydroxylation sites is 1. The summed E-state index contributed by atoms with van der Waals surface area (Å²) in [7, 11) is 0. The third-order valence-electron chi connectivity index (χ3n) is 4.07. The minimum atomic E-state index is -4.62. The van der Waals surface area contributed by atoms with Crippen molar-refractivity contribution in [3.63, 3.8) is 0 Å². The fourth-order valence-corrected chi connectivity index (χ4v) is 3.06. The zero-order valence-electron chi connectivity index (χ0n) is 11.0. The van der Waals surface area contributed by atoms with Crippen molar-refractivity contribution < 1.29 is 22.8 Å². The zero-order valence-corrected chi connectivity index (χ0v) is 11.0. The van der Waals surface area contributed by atoms with E-state index in [0.29, 0.717) is 17.7 Å². The number of hydrogen-bond acceptors (Lipinski definition) is 2. The maximum absolute atomic E-state index is 13.1. The van der Waals surface area contributed by atoms with Crippen LogP contribution in [0.1, 0.15) is 31.2 Å². The van der Waals surface area contributed by atoms with E-state index in [2.05, 4.69) is 5.32 Å². The third-order valence-corrected chi connectivity index (χ3v) is 4.07. The summed E-state index contributed by atoms with van der Waals surface area (Å²) in [5.74, 6) is -0.582. The van der Waals surface area contributed by atoms with Gasteiger partial charge in [-0.2, -0.15) is 13.2 Å². The number of halogens is 3. The van der Waals surface area contributed by atoms with Gasteiger partial charge in [-0.3, -0.25) is 4.79 Å². The predicted octanol–water partition coefficient (Wildman–Crippen LogP) is 3.07. The predicted molar refractivity (Wildman–Crippen MR) is 68.7 cm³/mol. The van der Waals surface area contributed by atoms with Crippen molar-refractivity contribution >= 4 is 17.6 Å². The molecule has 3 rings (SSSR count). The summed E-state index contributed by atoms with van der Waals surface area (Å²) in [6.45, 7) is 0. The maximum Gasteiger partial charge on any atom is 0.418 e. The Morgan fingerprint density at radius 2 is 1.71 bits per heavy atom. The van der Waals surface area contributed by atoms with Crippen LogP contribution >= 0.6 is 0 Å². The summed E-state index contributed by atoms with van der Waals surface area (Å²) in [4.78, 5) is 25.2. The van der Waals surface area contributed by atoms with Gasteiger partial charge < -0.3 is 5.32 Å². The first-order valence-electron chi connectivity index (χ1n) is 6.68. The molecule has 0 aromatic heterocycles. The zero-order chi connectivity index (χ0) is 15.3. The Balaban J connectivity index is 2.06. The Labute approximate surface area is 118 Å². The number of alkyl halides is 3. The maximum atomic E-state index is 13.1. The van der Waals surface area contributed by atoms with Gasteiger partial charge in [0.2, 0.25) is 0 Å². The van der Waals surface area contributed by atoms with E-state index in [0.717, 1.165) is 25.0 Å². The van der Waals surface area contributed by atoms with Gasteiger partial charge in [-0.1, -0.05) is 25.0 Å². The average Bonchev–Trinajstić information content (AvgIpc) is 2.96. The van der Waals surface area contributed by atoms with Crippen molar-refractivity contribution in [2.24, 2.45) is 0 Å². The Kier molecular flexibility index (Phi) is 2.96. The molecule has 21 heavy (non-hydrogen) atoms. The molecule has 1 aliphatic carbocycles. The second kappa shape index (κ2) is 4.47. The van der Waals surface area contributed by atoms with Gasteiger partial charge in [-0.25, -0.2) is 9.69 Å². The number of carbonyl (C=O) groups is 2. The number of amides is 3. The van der Waals surface area contributed by atoms with E-state index >= 15 is 0 Å². The van der Waals surface area contributed by atoms with Gasteiger partial charge in [0.1, 0.15) is 5.54 Å². The lowest BCUT2D eigenvalue weighted by molar-refractivity contribution is -0.137. The van der Waals surface area contributed by atoms with Crippen LogP contribution in [0.2, 0.25) is 0 Å². The standard InChI is InChI=1S/C14H13F3N2O2/c15-14(16,17)9-5-1-2-6-10(9)19-11(20)13(18-12(19)21)7-3-4-8-13/h1-2,5-6H,3-4,7-8H2,(H,18,21). The molecule has 1 N–H and O–H groups in total. The normalized spacial score (nSPS) is 21.2. The SMILES string of the molecule is O=C1NC2(CCCC2)C(=O)N1c1ccccc1C(F)(F)F. The van der Waals surface area contributed by atoms with Crippen LogP contribution in [0.4, 0.5) is 23.7 Å². The minimum absolute atomic E-state index is 0.406. The van der Waals surface area contributed by atoms with Gasteiger partial charge in [0.05, 0.1) is 11.3 Å². The summed E-state index contributed by atoms with van der Waals surface area (Å²) < 4.78 is 39.2. The Morgan fingerprint density at radius 3 is 2.33 bits per heavy atom. The van der Waals surface area contributed by atoms with E-state index in [4.69, 9.17) is 0 Å². The van der Waals surface area contributed by atoms with Gasteiger partial charge in [-0.05, 0) is 25.0 Å². The van der Waals surface area contributed by atoms with Crippen LogP contribution in [0.25, 0.3) is 0 Å². The molecular weight excluding hydrogens is 285 g/mol. The number of nitrogens with one attached hydrogen (secondary N) is 1. The highest BCUT2D eigenvalue weighted by atomic mass is 19.4. The monoisotopic (exact) mass is 298 g/mol. The summed E-state index contributed by atoms with van der Waals surface area (Å²) in [6, 6.07) is 3.85. The van der Waals surface area contributed by atoms with Crippen molar-refractivity contribution in [1.29, 1.82) is 0 Å². The third kappa shape index (κ3) is 2.07. The molecule has 112 valence electrons. The highest BCUT2D eigenvalue weighted by molar-refractivity contribution is 6.23. The van der Waals surface area contributed by atoms with Crippen LogP contribution in [0, 0.1) is 0 Å². The first-order chi connectivity index (χ1) is 9.85. The molecule has 0 radical (unpaired) electrons. The Bertz CT molecular complexity index is 606. The quantitative estimate of drug-likeness (QED) is 0.810. The number of imide groups is 1. The number of hydrogen-bond donors (Lipinski definition) is 1. The molecule has 1 saturated carbocycles. The summed E-state index contributed by atoms with van der Waals surface area (Å²) in [6.07, 6.45) is -2.12. The van der Waals surface area contributed by atoms with Crippen LogP contribution < -0.4 is 10.2 Å². The van der Waals surface area contributed by atoms with Gasteiger partial charge in [0, 0.05) is 0 Å². The van der Waals surface area contributed by atoms with Crippen molar-refractivity contribution in [2.45, 2.75) is 37.4 Å². The first-order valence-corrected chi connectivity index (χ1v) is 6.68. The number of urea groups is 1. The van der Waals surface area contributed by atoms with Crippen LogP contribution in [0.3, 0.4) is 0 Å². The largest absolute Gasteiger partial charge is 0.418 e. The van der Waals surface area contributed by atoms with E-state index in [9.17, 15) is 22.8 Å². The minimum Gasteiger partial charge on any atom is -0.323 e. The van der Waals surface area contributed by atoms with Crippen LogP contribution in [0.15, 0.2) is 24.3 Å². The molecule has 7 heteroatoms. The molecule has 0 atom stereocenters. The fraction of sp³-hybridized carbons (Fsp3) is 0.429. The van der Waals surface area contributed by atoms with E-state index in [1.807, 2.05) is 0 Å². The Morgan fingerprint density at radius 1 is 1.10 bits per heavy atom. The molecule has 0 unspecified atom stereocenters. The van der Waals surface area contributed by atoms with Gasteiger partial charge in [0.25, 0.3) is 5.91 Å². The molecule has 1 saturated heterocycles. The number of nitrogens with zero attached hydrogens (tertiary/aromatic N) is 1. The Hall–Kier alpha value is -2.05. The lowest BCUT2D eigenvalue weighted by Crippen LogP contribution is -2.44. The number of carbonyl (C=O) groups excluding carboxylic acids is 2. The molecule has 3 amide bonds. The van der Waals surface area contributed by atoms with E-state index in [1.165, 1.54) is 12.1 Å². The number of anilines is 1. The van der Waals surface area contributed by atoms with Crippen molar-refractivity contribution in [3.05, 3.63) is 29.8 Å². The molecule has 2 aliphatic rings. The van der Waals surface area contributed by atoms with E-state index in [1.54, 1.807) is 0 Å². The topological polar surface area (TPSA) is 49.4 Å². The molecular formula is C14H13F3N2O2. The van der Waals surface area contributed by atoms with E-state index < -0.39 is 34.9 Å². The highest BCUT2D eigenvalue weighted by Gasteiger charge is 2.54. The molecule has 1 heterocycles. The summed E-state index contributed by atoms with van der Waals surface area (Å²) in [5, 5.41) is 2.58. The van der Waals surface area contributed by atoms with Crippen LogP contribution in [0.5, 0.6) is 0 Å². The average molecular weight is 298 g/mol. The lowest BCUT2D eigenvalue weighted by Gasteiger charge is -2.21. The lowest BCUT2D eigenvalue weighted by atomic mass is 9.97. The second-order valence-corrected chi connectivity index (χ2v) is 5.37. The van der Waals surface area contributed by atoms with Crippen LogP contribution in [-0.2, 0) is 11.0 Å². The van der Waals surface area contributed by atoms with E-state index in [-0.39, 0.29) is 0 Å². The van der Waals surface area contributed by atoms with Crippen molar-refractivity contribution in [3.8, 4) is 0 Å². The molecule has 4 nitrogen and oxygen atoms in total. The number of rotatable bonds is 1. The molecule has 1 aromatic rings. The summed E-state index contributed by atoms with van der Waals surface area (Å²) in [5.41, 5.74) is -2.41. The fourth-order valence-electron chi connectivity index (χ4n) is 3.06. The smallest absolute Gasteiger partial charge is 0.323 e. The molecule has 1 spiro atoms. The van der Waals surface area contributed by atoms with Gasteiger partial charge in [0.15, 0.2) is 0 Å². The molecule has 1 aliphatic heterocycles. The van der Waals surface area contributed by atoms with Crippen molar-refractivity contribution in [1.82, 2.24) is 5.32 Å². The second-order valence-electron chi connectivity index (χ2n) is 5.37. The molecule has 0 bridgehead atoms. The molecule has 1 aromatic carbocycles. The first kappa shape index (κ1) is 13.9. The number of benzene rings is 1. The van der Waals surface area contributed by atoms with Crippen molar-refractivity contribution in [2.75, 3.05) is 4.90 Å². The molecule has 2 fully saturated rings.